The molecule has 0 aromatic heterocycles. The highest BCUT2D eigenvalue weighted by Gasteiger charge is 2.13. The van der Waals surface area contributed by atoms with Gasteiger partial charge in [-0.05, 0) is 42.8 Å². The molecule has 0 aliphatic rings. The third kappa shape index (κ3) is 7.80. The van der Waals surface area contributed by atoms with Crippen LogP contribution >= 0.6 is 27.5 Å². The number of halogens is 3. The number of ether oxygens (including phenoxy) is 2. The standard InChI is InChI=1S/C23H30BrClFNO2/c1-3-4-5-6-7-8-12-27-15-17-13-22(28-2)23(14-19(17)24)29-16-18-20(25)10-9-11-21(18)26/h9-11,13-14,27H,3-8,12,15-16H2,1-2H3. The summed E-state index contributed by atoms with van der Waals surface area (Å²) in [5, 5.41) is 3.83. The zero-order chi connectivity index (χ0) is 21.1. The van der Waals surface area contributed by atoms with Gasteiger partial charge in [0.15, 0.2) is 11.5 Å². The normalized spacial score (nSPS) is 10.9. The molecule has 160 valence electrons. The first kappa shape index (κ1) is 24.0. The van der Waals surface area contributed by atoms with Crippen LogP contribution in [0.25, 0.3) is 0 Å². The van der Waals surface area contributed by atoms with Crippen molar-refractivity contribution in [3.05, 3.63) is 56.8 Å². The number of hydrogen-bond acceptors (Lipinski definition) is 3. The lowest BCUT2D eigenvalue weighted by Gasteiger charge is -2.15. The Kier molecular flexibility index (Phi) is 10.8. The van der Waals surface area contributed by atoms with Crippen LogP contribution in [0.2, 0.25) is 5.02 Å². The molecule has 0 unspecified atom stereocenters. The van der Waals surface area contributed by atoms with E-state index in [2.05, 4.69) is 28.2 Å². The lowest BCUT2D eigenvalue weighted by Crippen LogP contribution is -2.15. The Bertz CT molecular complexity index is 753. The minimum Gasteiger partial charge on any atom is -0.493 e. The van der Waals surface area contributed by atoms with Gasteiger partial charge in [0.05, 0.1) is 12.1 Å². The van der Waals surface area contributed by atoms with Crippen molar-refractivity contribution >= 4 is 27.5 Å². The number of benzene rings is 2. The van der Waals surface area contributed by atoms with E-state index in [-0.39, 0.29) is 12.4 Å². The Morgan fingerprint density at radius 3 is 2.55 bits per heavy atom. The third-order valence-corrected chi connectivity index (χ3v) is 5.88. The van der Waals surface area contributed by atoms with Crippen LogP contribution in [0.3, 0.4) is 0 Å². The Balaban J connectivity index is 1.89. The van der Waals surface area contributed by atoms with Gasteiger partial charge in [-0.3, -0.25) is 0 Å². The fourth-order valence-electron chi connectivity index (χ4n) is 3.06. The molecule has 0 radical (unpaired) electrons. The maximum absolute atomic E-state index is 14.0. The van der Waals surface area contributed by atoms with Gasteiger partial charge in [0.1, 0.15) is 12.4 Å². The summed E-state index contributed by atoms with van der Waals surface area (Å²) < 4.78 is 26.1. The summed E-state index contributed by atoms with van der Waals surface area (Å²) in [7, 11) is 1.60. The van der Waals surface area contributed by atoms with E-state index in [1.54, 1.807) is 19.2 Å². The predicted octanol–water partition coefficient (Wildman–Crippen LogP) is 7.28. The largest absolute Gasteiger partial charge is 0.493 e. The number of unbranched alkanes of at least 4 members (excludes halogenated alkanes) is 5. The Hall–Kier alpha value is -1.30. The summed E-state index contributed by atoms with van der Waals surface area (Å²) in [6.07, 6.45) is 7.70. The van der Waals surface area contributed by atoms with E-state index in [1.807, 2.05) is 12.1 Å². The molecule has 0 aliphatic heterocycles. The van der Waals surface area contributed by atoms with Crippen LogP contribution < -0.4 is 14.8 Å². The molecule has 0 saturated heterocycles. The maximum atomic E-state index is 14.0. The zero-order valence-corrected chi connectivity index (χ0v) is 19.5. The van der Waals surface area contributed by atoms with E-state index in [4.69, 9.17) is 21.1 Å². The molecule has 0 amide bonds. The van der Waals surface area contributed by atoms with Gasteiger partial charge in [-0.25, -0.2) is 4.39 Å². The molecule has 2 aromatic rings. The minimum atomic E-state index is -0.383. The van der Waals surface area contributed by atoms with Gasteiger partial charge in [-0.2, -0.15) is 0 Å². The lowest BCUT2D eigenvalue weighted by atomic mass is 10.1. The smallest absolute Gasteiger partial charge is 0.162 e. The third-order valence-electron chi connectivity index (χ3n) is 4.79. The van der Waals surface area contributed by atoms with Crippen molar-refractivity contribution in [2.75, 3.05) is 13.7 Å². The summed E-state index contributed by atoms with van der Waals surface area (Å²) in [5.41, 5.74) is 1.42. The summed E-state index contributed by atoms with van der Waals surface area (Å²) in [6.45, 7) is 4.00. The Morgan fingerprint density at radius 2 is 1.83 bits per heavy atom. The molecule has 0 saturated carbocycles. The molecule has 0 heterocycles. The van der Waals surface area contributed by atoms with Gasteiger partial charge >= 0.3 is 0 Å². The second kappa shape index (κ2) is 13.1. The zero-order valence-electron chi connectivity index (χ0n) is 17.2. The molecule has 0 aliphatic carbocycles. The van der Waals surface area contributed by atoms with Crippen LogP contribution in [-0.4, -0.2) is 13.7 Å². The van der Waals surface area contributed by atoms with Crippen molar-refractivity contribution in [2.45, 2.75) is 58.6 Å². The molecule has 6 heteroatoms. The van der Waals surface area contributed by atoms with Crippen LogP contribution in [0.4, 0.5) is 4.39 Å². The number of hydrogen-bond donors (Lipinski definition) is 1. The molecule has 0 atom stereocenters. The van der Waals surface area contributed by atoms with Crippen LogP contribution in [0, 0.1) is 5.82 Å². The van der Waals surface area contributed by atoms with E-state index >= 15 is 0 Å². The van der Waals surface area contributed by atoms with Gasteiger partial charge in [0.2, 0.25) is 0 Å². The van der Waals surface area contributed by atoms with Crippen LogP contribution in [-0.2, 0) is 13.2 Å². The number of nitrogens with one attached hydrogen (secondary N) is 1. The molecular weight excluding hydrogens is 457 g/mol. The van der Waals surface area contributed by atoms with E-state index in [0.717, 1.165) is 23.1 Å². The molecule has 2 rings (SSSR count). The van der Waals surface area contributed by atoms with Crippen LogP contribution in [0.5, 0.6) is 11.5 Å². The second-order valence-corrected chi connectivity index (χ2v) is 8.29. The molecule has 3 nitrogen and oxygen atoms in total. The van der Waals surface area contributed by atoms with Gasteiger partial charge in [0.25, 0.3) is 0 Å². The topological polar surface area (TPSA) is 30.5 Å². The van der Waals surface area contributed by atoms with Gasteiger partial charge in [0, 0.05) is 16.6 Å². The van der Waals surface area contributed by atoms with E-state index in [1.165, 1.54) is 44.6 Å². The molecule has 0 fully saturated rings. The number of methoxy groups -OCH3 is 1. The molecule has 29 heavy (non-hydrogen) atoms. The first-order chi connectivity index (χ1) is 14.1. The summed E-state index contributed by atoms with van der Waals surface area (Å²) in [6, 6.07) is 8.39. The molecule has 0 bridgehead atoms. The Morgan fingerprint density at radius 1 is 1.07 bits per heavy atom. The van der Waals surface area contributed by atoms with Crippen molar-refractivity contribution in [1.82, 2.24) is 5.32 Å². The fourth-order valence-corrected chi connectivity index (χ4v) is 3.74. The van der Waals surface area contributed by atoms with Gasteiger partial charge in [-0.15, -0.1) is 0 Å². The summed E-state index contributed by atoms with van der Waals surface area (Å²) in [5.74, 6) is 0.765. The summed E-state index contributed by atoms with van der Waals surface area (Å²) in [4.78, 5) is 0. The Labute approximate surface area is 187 Å². The maximum Gasteiger partial charge on any atom is 0.162 e. The van der Waals surface area contributed by atoms with Gasteiger partial charge in [-0.1, -0.05) is 72.6 Å². The molecule has 0 spiro atoms. The molecular formula is C23H30BrClFNO2. The van der Waals surface area contributed by atoms with Crippen molar-refractivity contribution in [3.8, 4) is 11.5 Å². The van der Waals surface area contributed by atoms with Crippen LogP contribution in [0.1, 0.15) is 56.6 Å². The average Bonchev–Trinajstić information content (AvgIpc) is 2.70. The second-order valence-electron chi connectivity index (χ2n) is 7.03. The number of rotatable bonds is 13. The fraction of sp³-hybridized carbons (Fsp3) is 0.478. The SMILES string of the molecule is CCCCCCCCNCc1cc(OC)c(OCc2c(F)cccc2Cl)cc1Br. The lowest BCUT2D eigenvalue weighted by molar-refractivity contribution is 0.279. The summed E-state index contributed by atoms with van der Waals surface area (Å²) >= 11 is 9.68. The van der Waals surface area contributed by atoms with Crippen molar-refractivity contribution in [2.24, 2.45) is 0 Å². The molecule has 1 N–H and O–H groups in total. The highest BCUT2D eigenvalue weighted by atomic mass is 79.9. The average molecular weight is 487 g/mol. The van der Waals surface area contributed by atoms with E-state index in [0.29, 0.717) is 22.1 Å². The monoisotopic (exact) mass is 485 g/mol. The van der Waals surface area contributed by atoms with Crippen molar-refractivity contribution in [3.63, 3.8) is 0 Å². The quantitative estimate of drug-likeness (QED) is 0.302. The van der Waals surface area contributed by atoms with Crippen molar-refractivity contribution in [1.29, 1.82) is 0 Å². The van der Waals surface area contributed by atoms with Crippen molar-refractivity contribution < 1.29 is 13.9 Å². The molecule has 2 aromatic carbocycles. The van der Waals surface area contributed by atoms with E-state index in [9.17, 15) is 4.39 Å². The van der Waals surface area contributed by atoms with E-state index < -0.39 is 0 Å². The minimum absolute atomic E-state index is 0.0317. The van der Waals surface area contributed by atoms with Crippen LogP contribution in [0.15, 0.2) is 34.8 Å². The highest BCUT2D eigenvalue weighted by molar-refractivity contribution is 9.10. The predicted molar refractivity (Wildman–Crippen MR) is 122 cm³/mol. The highest BCUT2D eigenvalue weighted by Crippen LogP contribution is 2.34. The van der Waals surface area contributed by atoms with Gasteiger partial charge < -0.3 is 14.8 Å². The first-order valence-electron chi connectivity index (χ1n) is 10.2. The first-order valence-corrected chi connectivity index (χ1v) is 11.4.